The molecule has 3 aromatic heterocycles. The lowest BCUT2D eigenvalue weighted by atomic mass is 9.98. The Morgan fingerprint density at radius 3 is 1.49 bits per heavy atom. The van der Waals surface area contributed by atoms with Crippen molar-refractivity contribution in [2.75, 3.05) is 0 Å². The first-order valence-corrected chi connectivity index (χ1v) is 14.7. The molecular formula is C40H24N2O. The summed E-state index contributed by atoms with van der Waals surface area (Å²) in [4.78, 5) is 0. The smallest absolute Gasteiger partial charge is 0.135 e. The predicted molar refractivity (Wildman–Crippen MR) is 180 cm³/mol. The van der Waals surface area contributed by atoms with Crippen LogP contribution in [0.3, 0.4) is 0 Å². The Bertz CT molecular complexity index is 2720. The van der Waals surface area contributed by atoms with Crippen LogP contribution in [-0.2, 0) is 0 Å². The highest BCUT2D eigenvalue weighted by Crippen LogP contribution is 2.46. The Balaban J connectivity index is 1.51. The number of aromatic nitrogens is 2. The molecule has 200 valence electrons. The fourth-order valence-electron chi connectivity index (χ4n) is 7.36. The molecule has 0 saturated heterocycles. The molecule has 0 N–H and O–H groups in total. The van der Waals surface area contributed by atoms with Crippen molar-refractivity contribution in [1.82, 2.24) is 9.13 Å². The molecule has 43 heavy (non-hydrogen) atoms. The fourth-order valence-corrected chi connectivity index (χ4v) is 7.36. The molecule has 10 rings (SSSR count). The summed E-state index contributed by atoms with van der Waals surface area (Å²) in [6.07, 6.45) is 0. The largest absolute Gasteiger partial charge is 0.456 e. The number of benzene rings is 7. The second-order valence-corrected chi connectivity index (χ2v) is 11.3. The maximum atomic E-state index is 6.23. The van der Waals surface area contributed by atoms with Gasteiger partial charge in [0.05, 0.1) is 22.1 Å². The molecule has 10 aromatic rings. The molecule has 0 bridgehead atoms. The van der Waals surface area contributed by atoms with Gasteiger partial charge in [0.25, 0.3) is 0 Å². The number of rotatable bonds is 2. The summed E-state index contributed by atoms with van der Waals surface area (Å²) in [6.45, 7) is 0. The standard InChI is InChI=1S/C40H24N2O/c1-2-12-25(13-3-1)41-33-19-9-6-17-30(33)37-28-15-4-5-16-29(28)38-31-18-7-10-20-34(31)42(40(38)39(37)41)26-22-23-36-32(24-26)27-14-8-11-21-35(27)43-36/h1-24H. The van der Waals surface area contributed by atoms with Crippen LogP contribution in [0.15, 0.2) is 150 Å². The van der Waals surface area contributed by atoms with E-state index in [0.29, 0.717) is 0 Å². The number of nitrogens with zero attached hydrogens (tertiary/aromatic N) is 2. The van der Waals surface area contributed by atoms with Crippen molar-refractivity contribution in [3.8, 4) is 11.4 Å². The average molecular weight is 549 g/mol. The van der Waals surface area contributed by atoms with E-state index in [2.05, 4.69) is 143 Å². The molecule has 3 heteroatoms. The summed E-state index contributed by atoms with van der Waals surface area (Å²) in [5.74, 6) is 0. The molecular weight excluding hydrogens is 524 g/mol. The molecule has 0 aliphatic rings. The monoisotopic (exact) mass is 548 g/mol. The minimum absolute atomic E-state index is 0.903. The Hall–Kier alpha value is -5.80. The van der Waals surface area contributed by atoms with Crippen LogP contribution in [0.25, 0.3) is 87.7 Å². The number of furan rings is 1. The average Bonchev–Trinajstić information content (AvgIpc) is 3.73. The zero-order valence-electron chi connectivity index (χ0n) is 23.2. The van der Waals surface area contributed by atoms with Gasteiger partial charge in [0.15, 0.2) is 0 Å². The van der Waals surface area contributed by atoms with Crippen molar-refractivity contribution >= 4 is 76.3 Å². The lowest BCUT2D eigenvalue weighted by Gasteiger charge is -2.14. The van der Waals surface area contributed by atoms with E-state index in [1.54, 1.807) is 0 Å². The van der Waals surface area contributed by atoms with Gasteiger partial charge < -0.3 is 13.6 Å². The van der Waals surface area contributed by atoms with Gasteiger partial charge in [0.2, 0.25) is 0 Å². The van der Waals surface area contributed by atoms with Crippen molar-refractivity contribution in [1.29, 1.82) is 0 Å². The van der Waals surface area contributed by atoms with E-state index in [1.165, 1.54) is 54.4 Å². The lowest BCUT2D eigenvalue weighted by molar-refractivity contribution is 0.669. The third-order valence-corrected chi connectivity index (χ3v) is 9.07. The second-order valence-electron chi connectivity index (χ2n) is 11.3. The molecule has 0 atom stereocenters. The molecule has 3 heterocycles. The van der Waals surface area contributed by atoms with Gasteiger partial charge in [-0.25, -0.2) is 0 Å². The Labute approximate surface area is 246 Å². The summed E-state index contributed by atoms with van der Waals surface area (Å²) in [5, 5.41) is 9.86. The molecule has 0 fully saturated rings. The van der Waals surface area contributed by atoms with E-state index in [4.69, 9.17) is 4.42 Å². The van der Waals surface area contributed by atoms with Gasteiger partial charge in [-0.3, -0.25) is 0 Å². The highest BCUT2D eigenvalue weighted by Gasteiger charge is 2.24. The van der Waals surface area contributed by atoms with Gasteiger partial charge in [0.1, 0.15) is 11.2 Å². The zero-order chi connectivity index (χ0) is 28.1. The van der Waals surface area contributed by atoms with Crippen molar-refractivity contribution in [3.63, 3.8) is 0 Å². The van der Waals surface area contributed by atoms with Crippen LogP contribution in [0.4, 0.5) is 0 Å². The summed E-state index contributed by atoms with van der Waals surface area (Å²) in [7, 11) is 0. The molecule has 0 spiro atoms. The normalized spacial score (nSPS) is 12.2. The summed E-state index contributed by atoms with van der Waals surface area (Å²) >= 11 is 0. The van der Waals surface area contributed by atoms with Crippen LogP contribution in [0.5, 0.6) is 0 Å². The van der Waals surface area contributed by atoms with Gasteiger partial charge in [-0.15, -0.1) is 0 Å². The van der Waals surface area contributed by atoms with E-state index in [1.807, 2.05) is 12.1 Å². The van der Waals surface area contributed by atoms with E-state index in [0.717, 1.165) is 33.3 Å². The maximum Gasteiger partial charge on any atom is 0.135 e. The maximum absolute atomic E-state index is 6.23. The summed E-state index contributed by atoms with van der Waals surface area (Å²) < 4.78 is 11.2. The van der Waals surface area contributed by atoms with Crippen molar-refractivity contribution in [2.45, 2.75) is 0 Å². The molecule has 0 radical (unpaired) electrons. The first-order valence-electron chi connectivity index (χ1n) is 14.7. The highest BCUT2D eigenvalue weighted by atomic mass is 16.3. The number of hydrogen-bond donors (Lipinski definition) is 0. The van der Waals surface area contributed by atoms with Crippen LogP contribution >= 0.6 is 0 Å². The minimum Gasteiger partial charge on any atom is -0.456 e. The second kappa shape index (κ2) is 8.37. The van der Waals surface area contributed by atoms with E-state index < -0.39 is 0 Å². The first kappa shape index (κ1) is 22.8. The van der Waals surface area contributed by atoms with Crippen molar-refractivity contribution in [3.05, 3.63) is 146 Å². The Morgan fingerprint density at radius 1 is 0.349 bits per heavy atom. The SMILES string of the molecule is c1ccc(-n2c3ccccc3c3c4ccccc4c4c5ccccc5n(-c5ccc6oc7ccccc7c6c5)c4c32)cc1. The first-order chi connectivity index (χ1) is 21.4. The topological polar surface area (TPSA) is 23.0 Å². The Kier molecular flexibility index (Phi) is 4.45. The van der Waals surface area contributed by atoms with E-state index in [-0.39, 0.29) is 0 Å². The Morgan fingerprint density at radius 2 is 0.837 bits per heavy atom. The van der Waals surface area contributed by atoms with Gasteiger partial charge >= 0.3 is 0 Å². The van der Waals surface area contributed by atoms with Gasteiger partial charge in [0, 0.05) is 43.7 Å². The number of hydrogen-bond acceptors (Lipinski definition) is 1. The lowest BCUT2D eigenvalue weighted by Crippen LogP contribution is -1.99. The predicted octanol–water partition coefficient (Wildman–Crippen LogP) is 10.9. The van der Waals surface area contributed by atoms with E-state index >= 15 is 0 Å². The third kappa shape index (κ3) is 2.98. The van der Waals surface area contributed by atoms with Gasteiger partial charge in [-0.05, 0) is 59.3 Å². The van der Waals surface area contributed by atoms with Crippen LogP contribution in [0.2, 0.25) is 0 Å². The third-order valence-electron chi connectivity index (χ3n) is 9.07. The van der Waals surface area contributed by atoms with Gasteiger partial charge in [-0.1, -0.05) is 97.1 Å². The molecule has 7 aromatic carbocycles. The van der Waals surface area contributed by atoms with Crippen molar-refractivity contribution in [2.24, 2.45) is 0 Å². The molecule has 0 unspecified atom stereocenters. The minimum atomic E-state index is 0.903. The van der Waals surface area contributed by atoms with Crippen LogP contribution in [0, 0.1) is 0 Å². The molecule has 3 nitrogen and oxygen atoms in total. The van der Waals surface area contributed by atoms with Crippen LogP contribution in [-0.4, -0.2) is 9.13 Å². The quantitative estimate of drug-likeness (QED) is 0.211. The number of fused-ring (bicyclic) bond motifs is 13. The zero-order valence-corrected chi connectivity index (χ0v) is 23.2. The summed E-state index contributed by atoms with van der Waals surface area (Å²) in [6, 6.07) is 52.2. The molecule has 0 aliphatic heterocycles. The van der Waals surface area contributed by atoms with Gasteiger partial charge in [-0.2, -0.15) is 0 Å². The summed E-state index contributed by atoms with van der Waals surface area (Å²) in [5.41, 5.74) is 8.90. The van der Waals surface area contributed by atoms with E-state index in [9.17, 15) is 0 Å². The molecule has 0 amide bonds. The highest BCUT2D eigenvalue weighted by molar-refractivity contribution is 6.36. The van der Waals surface area contributed by atoms with Crippen LogP contribution < -0.4 is 0 Å². The van der Waals surface area contributed by atoms with Crippen molar-refractivity contribution < 1.29 is 4.42 Å². The molecule has 0 saturated carbocycles. The van der Waals surface area contributed by atoms with Crippen LogP contribution in [0.1, 0.15) is 0 Å². The fraction of sp³-hybridized carbons (Fsp3) is 0. The number of para-hydroxylation sites is 4. The molecule has 0 aliphatic carbocycles.